The molecule has 0 aromatic carbocycles. The van der Waals surface area contributed by atoms with Crippen LogP contribution in [-0.4, -0.2) is 24.0 Å². The van der Waals surface area contributed by atoms with Crippen LogP contribution in [0.5, 0.6) is 0 Å². The molecule has 0 aliphatic carbocycles. The van der Waals surface area contributed by atoms with Gasteiger partial charge in [-0.2, -0.15) is 0 Å². The standard InChI is InChI=1S/C15H25N3O/c1-3-5-6-7-10-18-15(19)13-8-11-17-14(12-13)16-9-4-2/h8,11-12H,3-7,9-10H2,1-2H3,(H,16,17)(H,18,19). The highest BCUT2D eigenvalue weighted by Gasteiger charge is 2.05. The molecule has 0 aliphatic rings. The highest BCUT2D eigenvalue weighted by Crippen LogP contribution is 2.07. The number of hydrogen-bond acceptors (Lipinski definition) is 3. The number of rotatable bonds is 9. The highest BCUT2D eigenvalue weighted by molar-refractivity contribution is 5.94. The van der Waals surface area contributed by atoms with E-state index in [2.05, 4.69) is 29.5 Å². The second-order valence-electron chi connectivity index (χ2n) is 4.67. The first kappa shape index (κ1) is 15.5. The predicted octanol–water partition coefficient (Wildman–Crippen LogP) is 3.21. The number of amides is 1. The zero-order valence-electron chi connectivity index (χ0n) is 12.0. The van der Waals surface area contributed by atoms with E-state index >= 15 is 0 Å². The minimum Gasteiger partial charge on any atom is -0.370 e. The molecule has 0 fully saturated rings. The number of hydrogen-bond donors (Lipinski definition) is 2. The SMILES string of the molecule is CCCCCCNC(=O)c1ccnc(NCCC)c1. The molecule has 0 spiro atoms. The topological polar surface area (TPSA) is 54.0 Å². The van der Waals surface area contributed by atoms with Crippen LogP contribution in [0.25, 0.3) is 0 Å². The van der Waals surface area contributed by atoms with Gasteiger partial charge in [0, 0.05) is 24.8 Å². The summed E-state index contributed by atoms with van der Waals surface area (Å²) in [6, 6.07) is 3.55. The molecule has 106 valence electrons. The smallest absolute Gasteiger partial charge is 0.251 e. The van der Waals surface area contributed by atoms with E-state index in [1.54, 1.807) is 18.3 Å². The second kappa shape index (κ2) is 9.36. The lowest BCUT2D eigenvalue weighted by molar-refractivity contribution is 0.0953. The first-order chi connectivity index (χ1) is 9.27. The molecule has 1 aromatic rings. The van der Waals surface area contributed by atoms with E-state index in [1.807, 2.05) is 0 Å². The van der Waals surface area contributed by atoms with Crippen molar-refractivity contribution in [2.45, 2.75) is 46.0 Å². The summed E-state index contributed by atoms with van der Waals surface area (Å²) in [4.78, 5) is 16.1. The van der Waals surface area contributed by atoms with E-state index in [0.29, 0.717) is 5.56 Å². The molecule has 4 heteroatoms. The summed E-state index contributed by atoms with van der Waals surface area (Å²) < 4.78 is 0. The van der Waals surface area contributed by atoms with E-state index < -0.39 is 0 Å². The molecule has 1 amide bonds. The summed E-state index contributed by atoms with van der Waals surface area (Å²) in [6.07, 6.45) is 7.38. The molecule has 0 unspecified atom stereocenters. The Morgan fingerprint density at radius 2 is 2.00 bits per heavy atom. The molecule has 1 rings (SSSR count). The van der Waals surface area contributed by atoms with Gasteiger partial charge in [-0.1, -0.05) is 33.1 Å². The quantitative estimate of drug-likeness (QED) is 0.673. The van der Waals surface area contributed by atoms with Crippen LogP contribution in [0.15, 0.2) is 18.3 Å². The van der Waals surface area contributed by atoms with Gasteiger partial charge in [0.1, 0.15) is 5.82 Å². The van der Waals surface area contributed by atoms with Crippen LogP contribution in [0.3, 0.4) is 0 Å². The highest BCUT2D eigenvalue weighted by atomic mass is 16.1. The Labute approximate surface area is 116 Å². The van der Waals surface area contributed by atoms with Crippen LogP contribution >= 0.6 is 0 Å². The van der Waals surface area contributed by atoms with Gasteiger partial charge < -0.3 is 10.6 Å². The van der Waals surface area contributed by atoms with Crippen molar-refractivity contribution in [3.05, 3.63) is 23.9 Å². The first-order valence-electron chi connectivity index (χ1n) is 7.26. The van der Waals surface area contributed by atoms with Crippen molar-refractivity contribution < 1.29 is 4.79 Å². The number of nitrogens with zero attached hydrogens (tertiary/aromatic N) is 1. The monoisotopic (exact) mass is 263 g/mol. The lowest BCUT2D eigenvalue weighted by Gasteiger charge is -2.07. The molecule has 0 bridgehead atoms. The van der Waals surface area contributed by atoms with Crippen LogP contribution in [0.1, 0.15) is 56.3 Å². The van der Waals surface area contributed by atoms with E-state index in [-0.39, 0.29) is 5.91 Å². The number of anilines is 1. The third kappa shape index (κ3) is 6.22. The van der Waals surface area contributed by atoms with Gasteiger partial charge in [0.05, 0.1) is 0 Å². The van der Waals surface area contributed by atoms with Crippen molar-refractivity contribution in [1.82, 2.24) is 10.3 Å². The Balaban J connectivity index is 2.38. The van der Waals surface area contributed by atoms with Gasteiger partial charge in [0.15, 0.2) is 0 Å². The van der Waals surface area contributed by atoms with E-state index in [1.165, 1.54) is 19.3 Å². The van der Waals surface area contributed by atoms with Crippen LogP contribution in [0, 0.1) is 0 Å². The van der Waals surface area contributed by atoms with Crippen molar-refractivity contribution >= 4 is 11.7 Å². The zero-order valence-corrected chi connectivity index (χ0v) is 12.0. The van der Waals surface area contributed by atoms with Gasteiger partial charge in [0.2, 0.25) is 0 Å². The maximum absolute atomic E-state index is 11.9. The molecule has 4 nitrogen and oxygen atoms in total. The molecular weight excluding hydrogens is 238 g/mol. The third-order valence-electron chi connectivity index (χ3n) is 2.89. The summed E-state index contributed by atoms with van der Waals surface area (Å²) >= 11 is 0. The Morgan fingerprint density at radius 1 is 1.16 bits per heavy atom. The minimum atomic E-state index is -0.0153. The Kier molecular flexibility index (Phi) is 7.63. The number of carbonyl (C=O) groups excluding carboxylic acids is 1. The van der Waals surface area contributed by atoms with Crippen molar-refractivity contribution in [2.24, 2.45) is 0 Å². The molecule has 0 aliphatic heterocycles. The van der Waals surface area contributed by atoms with Crippen LogP contribution in [-0.2, 0) is 0 Å². The van der Waals surface area contributed by atoms with E-state index in [9.17, 15) is 4.79 Å². The summed E-state index contributed by atoms with van der Waals surface area (Å²) in [5.41, 5.74) is 0.670. The van der Waals surface area contributed by atoms with Crippen LogP contribution in [0.2, 0.25) is 0 Å². The number of pyridine rings is 1. The summed E-state index contributed by atoms with van der Waals surface area (Å²) in [6.45, 7) is 5.90. The van der Waals surface area contributed by atoms with Crippen molar-refractivity contribution in [1.29, 1.82) is 0 Å². The Bertz CT molecular complexity index is 379. The maximum Gasteiger partial charge on any atom is 0.251 e. The molecule has 0 radical (unpaired) electrons. The maximum atomic E-state index is 11.9. The fourth-order valence-electron chi connectivity index (χ4n) is 1.78. The summed E-state index contributed by atoms with van der Waals surface area (Å²) in [7, 11) is 0. The van der Waals surface area contributed by atoms with Crippen LogP contribution < -0.4 is 10.6 Å². The molecule has 0 atom stereocenters. The lowest BCUT2D eigenvalue weighted by Crippen LogP contribution is -2.24. The number of unbranched alkanes of at least 4 members (excludes halogenated alkanes) is 3. The normalized spacial score (nSPS) is 10.2. The fourth-order valence-corrected chi connectivity index (χ4v) is 1.78. The molecular formula is C15H25N3O. The number of carbonyl (C=O) groups is 1. The second-order valence-corrected chi connectivity index (χ2v) is 4.67. The molecule has 1 aromatic heterocycles. The van der Waals surface area contributed by atoms with Crippen molar-refractivity contribution in [3.63, 3.8) is 0 Å². The first-order valence-corrected chi connectivity index (χ1v) is 7.26. The largest absolute Gasteiger partial charge is 0.370 e. The zero-order chi connectivity index (χ0) is 13.9. The molecule has 0 saturated carbocycles. The van der Waals surface area contributed by atoms with Gasteiger partial charge in [-0.3, -0.25) is 4.79 Å². The van der Waals surface area contributed by atoms with Gasteiger partial charge in [-0.05, 0) is 25.0 Å². The number of nitrogens with one attached hydrogen (secondary N) is 2. The molecule has 2 N–H and O–H groups in total. The fraction of sp³-hybridized carbons (Fsp3) is 0.600. The average Bonchev–Trinajstić information content (AvgIpc) is 2.45. The molecule has 19 heavy (non-hydrogen) atoms. The number of aromatic nitrogens is 1. The molecule has 0 saturated heterocycles. The van der Waals surface area contributed by atoms with Gasteiger partial charge >= 0.3 is 0 Å². The minimum absolute atomic E-state index is 0.0153. The van der Waals surface area contributed by atoms with E-state index in [4.69, 9.17) is 0 Å². The Hall–Kier alpha value is -1.58. The summed E-state index contributed by atoms with van der Waals surface area (Å²) in [5, 5.41) is 6.13. The van der Waals surface area contributed by atoms with Crippen molar-refractivity contribution in [3.8, 4) is 0 Å². The predicted molar refractivity (Wildman–Crippen MR) is 79.5 cm³/mol. The van der Waals surface area contributed by atoms with Gasteiger partial charge in [-0.25, -0.2) is 4.98 Å². The van der Waals surface area contributed by atoms with Gasteiger partial charge in [0.25, 0.3) is 5.91 Å². The van der Waals surface area contributed by atoms with E-state index in [0.717, 1.165) is 31.7 Å². The Morgan fingerprint density at radius 3 is 2.74 bits per heavy atom. The molecule has 1 heterocycles. The average molecular weight is 263 g/mol. The van der Waals surface area contributed by atoms with Crippen molar-refractivity contribution in [2.75, 3.05) is 18.4 Å². The lowest BCUT2D eigenvalue weighted by atomic mass is 10.2. The van der Waals surface area contributed by atoms with Gasteiger partial charge in [-0.15, -0.1) is 0 Å². The third-order valence-corrected chi connectivity index (χ3v) is 2.89. The summed E-state index contributed by atoms with van der Waals surface area (Å²) in [5.74, 6) is 0.749. The van der Waals surface area contributed by atoms with Crippen LogP contribution in [0.4, 0.5) is 5.82 Å².